The molecule has 1 aromatic heterocycles. The van der Waals surface area contributed by atoms with Crippen molar-refractivity contribution in [3.05, 3.63) is 48.0 Å². The van der Waals surface area contributed by atoms with Crippen molar-refractivity contribution < 1.29 is 9.53 Å². The lowest BCUT2D eigenvalue weighted by atomic mass is 9.96. The van der Waals surface area contributed by atoms with Crippen LogP contribution in [-0.2, 0) is 4.79 Å². The van der Waals surface area contributed by atoms with Crippen molar-refractivity contribution in [1.82, 2.24) is 9.88 Å². The average molecular weight is 479 g/mol. The van der Waals surface area contributed by atoms with Gasteiger partial charge in [0.2, 0.25) is 5.91 Å². The molecule has 2 atom stereocenters. The molecule has 7 heteroatoms. The number of carbonyl (C=O) groups excluding carboxylic acids is 1. The van der Waals surface area contributed by atoms with E-state index in [4.69, 9.17) is 9.72 Å². The van der Waals surface area contributed by atoms with Gasteiger partial charge < -0.3 is 19.4 Å². The Hall–Kier alpha value is -2.80. The molecule has 6 nitrogen and oxygen atoms in total. The van der Waals surface area contributed by atoms with E-state index in [1.54, 1.807) is 11.3 Å². The molecule has 2 aliphatic rings. The number of nitrogens with zero attached hydrogens (tertiary/aromatic N) is 4. The molecule has 2 aliphatic heterocycles. The molecule has 0 aliphatic carbocycles. The molecule has 2 aromatic carbocycles. The number of aryl methyl sites for hydroxylation is 1. The molecule has 0 bridgehead atoms. The van der Waals surface area contributed by atoms with Gasteiger partial charge in [0.25, 0.3) is 0 Å². The standard InChI is InChI=1S/C27H34N4O2S/c1-4-33-23-10-11-24-25(16-23)34-27(28-24)30-12-6-8-21(18-30)26(32)29-13-14-31(20(3)17-29)22-9-5-7-19(2)15-22/h5,7,9-11,15-16,20-21H,4,6,8,12-14,17-18H2,1-3H3/t20-,21-/m0/s1. The summed E-state index contributed by atoms with van der Waals surface area (Å²) in [5.74, 6) is 1.23. The van der Waals surface area contributed by atoms with Crippen molar-refractivity contribution in [1.29, 1.82) is 0 Å². The minimum atomic E-state index is 0.0393. The molecule has 0 spiro atoms. The number of piperazine rings is 1. The molecule has 180 valence electrons. The summed E-state index contributed by atoms with van der Waals surface area (Å²) in [6, 6.07) is 15.1. The summed E-state index contributed by atoms with van der Waals surface area (Å²) < 4.78 is 6.78. The van der Waals surface area contributed by atoms with Gasteiger partial charge in [0.05, 0.1) is 22.7 Å². The fraction of sp³-hybridized carbons (Fsp3) is 0.481. The van der Waals surface area contributed by atoms with E-state index in [1.807, 2.05) is 19.1 Å². The van der Waals surface area contributed by atoms with Crippen LogP contribution in [0.1, 0.15) is 32.3 Å². The number of thiazole rings is 1. The third-order valence-electron chi connectivity index (χ3n) is 6.97. The highest BCUT2D eigenvalue weighted by Gasteiger charge is 2.34. The molecule has 3 heterocycles. The Balaban J connectivity index is 1.24. The second kappa shape index (κ2) is 9.82. The summed E-state index contributed by atoms with van der Waals surface area (Å²) in [5, 5.41) is 1.01. The molecule has 3 aromatic rings. The topological polar surface area (TPSA) is 48.9 Å². The maximum absolute atomic E-state index is 13.5. The van der Waals surface area contributed by atoms with E-state index in [-0.39, 0.29) is 5.92 Å². The van der Waals surface area contributed by atoms with Crippen LogP contribution in [0.3, 0.4) is 0 Å². The van der Waals surface area contributed by atoms with Crippen LogP contribution < -0.4 is 14.5 Å². The molecule has 2 saturated heterocycles. The Morgan fingerprint density at radius 1 is 1.15 bits per heavy atom. The Morgan fingerprint density at radius 3 is 2.82 bits per heavy atom. The van der Waals surface area contributed by atoms with Gasteiger partial charge in [0.15, 0.2) is 5.13 Å². The van der Waals surface area contributed by atoms with Gasteiger partial charge in [-0.3, -0.25) is 4.79 Å². The van der Waals surface area contributed by atoms with Crippen LogP contribution in [-0.4, -0.2) is 61.2 Å². The zero-order chi connectivity index (χ0) is 23.7. The third-order valence-corrected chi connectivity index (χ3v) is 8.05. The monoisotopic (exact) mass is 478 g/mol. The average Bonchev–Trinajstić information content (AvgIpc) is 3.27. The fourth-order valence-corrected chi connectivity index (χ4v) is 6.27. The Labute approximate surface area is 206 Å². The van der Waals surface area contributed by atoms with Crippen molar-refractivity contribution in [3.63, 3.8) is 0 Å². The highest BCUT2D eigenvalue weighted by Crippen LogP contribution is 2.34. The summed E-state index contributed by atoms with van der Waals surface area (Å²) in [6.45, 7) is 11.2. The minimum absolute atomic E-state index is 0.0393. The van der Waals surface area contributed by atoms with Crippen LogP contribution in [0.15, 0.2) is 42.5 Å². The number of benzene rings is 2. The first-order valence-corrected chi connectivity index (χ1v) is 13.2. The normalized spacial score (nSPS) is 21.2. The van der Waals surface area contributed by atoms with E-state index < -0.39 is 0 Å². The fourth-order valence-electron chi connectivity index (χ4n) is 5.24. The van der Waals surface area contributed by atoms with Crippen molar-refractivity contribution >= 4 is 38.3 Å². The number of carbonyl (C=O) groups is 1. The summed E-state index contributed by atoms with van der Waals surface area (Å²) in [6.07, 6.45) is 1.98. The van der Waals surface area contributed by atoms with E-state index in [0.717, 1.165) is 66.7 Å². The summed E-state index contributed by atoms with van der Waals surface area (Å²) >= 11 is 1.70. The molecule has 0 unspecified atom stereocenters. The van der Waals surface area contributed by atoms with Gasteiger partial charge in [-0.2, -0.15) is 0 Å². The van der Waals surface area contributed by atoms with Crippen LogP contribution >= 0.6 is 11.3 Å². The smallest absolute Gasteiger partial charge is 0.227 e. The molecule has 34 heavy (non-hydrogen) atoms. The number of ether oxygens (including phenoxy) is 1. The van der Waals surface area contributed by atoms with Crippen LogP contribution in [0.5, 0.6) is 5.75 Å². The van der Waals surface area contributed by atoms with Gasteiger partial charge in [-0.05, 0) is 69.5 Å². The Morgan fingerprint density at radius 2 is 2.03 bits per heavy atom. The van der Waals surface area contributed by atoms with Gasteiger partial charge in [0.1, 0.15) is 5.75 Å². The molecule has 0 saturated carbocycles. The number of aromatic nitrogens is 1. The van der Waals surface area contributed by atoms with Crippen LogP contribution in [0.25, 0.3) is 10.2 Å². The number of hydrogen-bond donors (Lipinski definition) is 0. The lowest BCUT2D eigenvalue weighted by Gasteiger charge is -2.43. The largest absolute Gasteiger partial charge is 0.494 e. The van der Waals surface area contributed by atoms with Crippen molar-refractivity contribution in [2.24, 2.45) is 5.92 Å². The van der Waals surface area contributed by atoms with Crippen molar-refractivity contribution in [2.75, 3.05) is 49.1 Å². The maximum Gasteiger partial charge on any atom is 0.227 e. The quantitative estimate of drug-likeness (QED) is 0.519. The first-order valence-electron chi connectivity index (χ1n) is 12.4. The van der Waals surface area contributed by atoms with Crippen LogP contribution in [0, 0.1) is 12.8 Å². The summed E-state index contributed by atoms with van der Waals surface area (Å²) in [4.78, 5) is 25.2. The van der Waals surface area contributed by atoms with E-state index >= 15 is 0 Å². The second-order valence-corrected chi connectivity index (χ2v) is 10.5. The number of hydrogen-bond acceptors (Lipinski definition) is 6. The molecule has 1 amide bonds. The number of fused-ring (bicyclic) bond motifs is 1. The van der Waals surface area contributed by atoms with E-state index in [1.165, 1.54) is 11.3 Å². The molecule has 5 rings (SSSR count). The number of amides is 1. The Kier molecular flexibility index (Phi) is 6.63. The van der Waals surface area contributed by atoms with Gasteiger partial charge in [0, 0.05) is 44.5 Å². The van der Waals surface area contributed by atoms with E-state index in [9.17, 15) is 4.79 Å². The van der Waals surface area contributed by atoms with Crippen molar-refractivity contribution in [2.45, 2.75) is 39.7 Å². The predicted molar refractivity (Wildman–Crippen MR) is 140 cm³/mol. The molecule has 2 fully saturated rings. The van der Waals surface area contributed by atoms with Gasteiger partial charge in [-0.15, -0.1) is 0 Å². The van der Waals surface area contributed by atoms with Gasteiger partial charge >= 0.3 is 0 Å². The predicted octanol–water partition coefficient (Wildman–Crippen LogP) is 4.96. The zero-order valence-corrected chi connectivity index (χ0v) is 21.2. The molecular weight excluding hydrogens is 444 g/mol. The number of piperidine rings is 1. The highest BCUT2D eigenvalue weighted by atomic mass is 32.1. The minimum Gasteiger partial charge on any atom is -0.494 e. The van der Waals surface area contributed by atoms with Crippen LogP contribution in [0.4, 0.5) is 10.8 Å². The lowest BCUT2D eigenvalue weighted by molar-refractivity contribution is -0.136. The molecule has 0 N–H and O–H groups in total. The number of anilines is 2. The maximum atomic E-state index is 13.5. The highest BCUT2D eigenvalue weighted by molar-refractivity contribution is 7.22. The van der Waals surface area contributed by atoms with Crippen molar-refractivity contribution in [3.8, 4) is 5.75 Å². The van der Waals surface area contributed by atoms with E-state index in [0.29, 0.717) is 18.6 Å². The van der Waals surface area contributed by atoms with Crippen LogP contribution in [0.2, 0.25) is 0 Å². The third kappa shape index (κ3) is 4.71. The number of rotatable bonds is 5. The second-order valence-electron chi connectivity index (χ2n) is 9.51. The van der Waals surface area contributed by atoms with Gasteiger partial charge in [-0.25, -0.2) is 4.98 Å². The SMILES string of the molecule is CCOc1ccc2nc(N3CCC[C@H](C(=O)N4CCN(c5cccc(C)c5)[C@@H](C)C4)C3)sc2c1. The molecule has 0 radical (unpaired) electrons. The van der Waals surface area contributed by atoms with Gasteiger partial charge in [-0.1, -0.05) is 23.5 Å². The first kappa shape index (κ1) is 23.0. The zero-order valence-electron chi connectivity index (χ0n) is 20.4. The Bertz CT molecular complexity index is 1160. The van der Waals surface area contributed by atoms with E-state index in [2.05, 4.69) is 58.9 Å². The molecular formula is C27H34N4O2S. The summed E-state index contributed by atoms with van der Waals surface area (Å²) in [5.41, 5.74) is 3.53. The lowest BCUT2D eigenvalue weighted by Crippen LogP contribution is -2.56. The first-order chi connectivity index (χ1) is 16.5. The summed E-state index contributed by atoms with van der Waals surface area (Å²) in [7, 11) is 0.